The highest BCUT2D eigenvalue weighted by atomic mass is 32.2. The van der Waals surface area contributed by atoms with E-state index >= 15 is 0 Å². The van der Waals surface area contributed by atoms with E-state index in [1.807, 2.05) is 30.0 Å². The Hall–Kier alpha value is -1.47. The number of benzene rings is 1. The lowest BCUT2D eigenvalue weighted by atomic mass is 9.99. The molecule has 4 heteroatoms. The third-order valence-corrected chi connectivity index (χ3v) is 4.55. The zero-order valence-corrected chi connectivity index (χ0v) is 11.0. The number of nitriles is 1. The number of thioether (sulfide) groups is 1. The van der Waals surface area contributed by atoms with Gasteiger partial charge in [-0.1, -0.05) is 6.07 Å². The summed E-state index contributed by atoms with van der Waals surface area (Å²) in [7, 11) is 0. The SMILES string of the molecule is N#Cc1cccc2[nH]c(CC3CCSCC3)nc12. The van der Waals surface area contributed by atoms with Gasteiger partial charge in [-0.3, -0.25) is 0 Å². The lowest BCUT2D eigenvalue weighted by Crippen LogP contribution is -2.12. The van der Waals surface area contributed by atoms with Crippen LogP contribution in [0.1, 0.15) is 24.2 Å². The van der Waals surface area contributed by atoms with E-state index in [4.69, 9.17) is 5.26 Å². The minimum atomic E-state index is 0.661. The van der Waals surface area contributed by atoms with Gasteiger partial charge in [-0.25, -0.2) is 4.98 Å². The van der Waals surface area contributed by atoms with E-state index in [2.05, 4.69) is 16.0 Å². The predicted octanol–water partition coefficient (Wildman–Crippen LogP) is 3.12. The van der Waals surface area contributed by atoms with Gasteiger partial charge in [-0.05, 0) is 42.4 Å². The monoisotopic (exact) mass is 257 g/mol. The van der Waals surface area contributed by atoms with Crippen molar-refractivity contribution < 1.29 is 0 Å². The van der Waals surface area contributed by atoms with Gasteiger partial charge in [0, 0.05) is 6.42 Å². The lowest BCUT2D eigenvalue weighted by molar-refractivity contribution is 0.478. The Balaban J connectivity index is 1.87. The molecule has 1 aliphatic heterocycles. The van der Waals surface area contributed by atoms with Crippen molar-refractivity contribution in [2.75, 3.05) is 11.5 Å². The van der Waals surface area contributed by atoms with Crippen LogP contribution >= 0.6 is 11.8 Å². The zero-order chi connectivity index (χ0) is 12.4. The van der Waals surface area contributed by atoms with Gasteiger partial charge in [0.1, 0.15) is 17.4 Å². The fraction of sp³-hybridized carbons (Fsp3) is 0.429. The normalized spacial score (nSPS) is 16.8. The Bertz CT molecular complexity index is 591. The van der Waals surface area contributed by atoms with E-state index in [-0.39, 0.29) is 0 Å². The minimum absolute atomic E-state index is 0.661. The minimum Gasteiger partial charge on any atom is -0.342 e. The average Bonchev–Trinajstić information content (AvgIpc) is 2.82. The number of hydrogen-bond acceptors (Lipinski definition) is 3. The van der Waals surface area contributed by atoms with Gasteiger partial charge in [-0.2, -0.15) is 17.0 Å². The Kier molecular flexibility index (Phi) is 3.24. The van der Waals surface area contributed by atoms with Crippen LogP contribution < -0.4 is 0 Å². The number of imidazole rings is 1. The highest BCUT2D eigenvalue weighted by Crippen LogP contribution is 2.26. The Morgan fingerprint density at radius 3 is 3.00 bits per heavy atom. The molecule has 92 valence electrons. The van der Waals surface area contributed by atoms with E-state index in [9.17, 15) is 0 Å². The second-order valence-corrected chi connectivity index (χ2v) is 5.98. The summed E-state index contributed by atoms with van der Waals surface area (Å²) in [5.41, 5.74) is 2.46. The molecule has 0 saturated carbocycles. The molecule has 1 aliphatic rings. The number of rotatable bonds is 2. The van der Waals surface area contributed by atoms with Crippen molar-refractivity contribution in [3.63, 3.8) is 0 Å². The number of fused-ring (bicyclic) bond motifs is 1. The molecule has 1 N–H and O–H groups in total. The fourth-order valence-corrected chi connectivity index (χ4v) is 3.70. The highest BCUT2D eigenvalue weighted by molar-refractivity contribution is 7.99. The molecule has 2 aromatic rings. The number of H-pyrrole nitrogens is 1. The molecule has 18 heavy (non-hydrogen) atoms. The van der Waals surface area contributed by atoms with Crippen molar-refractivity contribution in [3.05, 3.63) is 29.6 Å². The number of nitrogens with one attached hydrogen (secondary N) is 1. The van der Waals surface area contributed by atoms with Gasteiger partial charge in [0.15, 0.2) is 0 Å². The van der Waals surface area contributed by atoms with Crippen molar-refractivity contribution >= 4 is 22.8 Å². The maximum atomic E-state index is 9.06. The summed E-state index contributed by atoms with van der Waals surface area (Å²) in [5.74, 6) is 4.32. The first-order valence-electron chi connectivity index (χ1n) is 6.32. The van der Waals surface area contributed by atoms with Crippen LogP contribution in [0.5, 0.6) is 0 Å². The van der Waals surface area contributed by atoms with Gasteiger partial charge in [0.25, 0.3) is 0 Å². The molecule has 0 spiro atoms. The van der Waals surface area contributed by atoms with Gasteiger partial charge < -0.3 is 4.98 Å². The van der Waals surface area contributed by atoms with Crippen molar-refractivity contribution in [3.8, 4) is 6.07 Å². The Morgan fingerprint density at radius 2 is 2.22 bits per heavy atom. The summed E-state index contributed by atoms with van der Waals surface area (Å²) in [4.78, 5) is 7.94. The van der Waals surface area contributed by atoms with Crippen LogP contribution in [0, 0.1) is 17.2 Å². The quantitative estimate of drug-likeness (QED) is 0.899. The summed E-state index contributed by atoms with van der Waals surface area (Å²) < 4.78 is 0. The second-order valence-electron chi connectivity index (χ2n) is 4.76. The Morgan fingerprint density at radius 1 is 1.39 bits per heavy atom. The number of aromatic nitrogens is 2. The van der Waals surface area contributed by atoms with Crippen LogP contribution in [0.4, 0.5) is 0 Å². The molecule has 0 radical (unpaired) electrons. The number of aromatic amines is 1. The van der Waals surface area contributed by atoms with Crippen LogP contribution in [-0.2, 0) is 6.42 Å². The maximum Gasteiger partial charge on any atom is 0.107 e. The smallest absolute Gasteiger partial charge is 0.107 e. The molecule has 3 nitrogen and oxygen atoms in total. The molecule has 0 unspecified atom stereocenters. The molecule has 0 aliphatic carbocycles. The summed E-state index contributed by atoms with van der Waals surface area (Å²) in [5, 5.41) is 9.06. The highest BCUT2D eigenvalue weighted by Gasteiger charge is 2.16. The van der Waals surface area contributed by atoms with E-state index in [1.165, 1.54) is 24.3 Å². The molecule has 1 aromatic heterocycles. The number of hydrogen-bond donors (Lipinski definition) is 1. The third-order valence-electron chi connectivity index (χ3n) is 3.51. The van der Waals surface area contributed by atoms with Crippen molar-refractivity contribution in [2.45, 2.75) is 19.3 Å². The van der Waals surface area contributed by atoms with Gasteiger partial charge >= 0.3 is 0 Å². The molecule has 0 amide bonds. The van der Waals surface area contributed by atoms with Crippen molar-refractivity contribution in [1.82, 2.24) is 9.97 Å². The summed E-state index contributed by atoms with van der Waals surface area (Å²) >= 11 is 2.05. The van der Waals surface area contributed by atoms with Gasteiger partial charge in [0.05, 0.1) is 11.1 Å². The molecular weight excluding hydrogens is 242 g/mol. The van der Waals surface area contributed by atoms with Crippen LogP contribution in [0.3, 0.4) is 0 Å². The molecule has 3 rings (SSSR count). The lowest BCUT2D eigenvalue weighted by Gasteiger charge is -2.19. The van der Waals surface area contributed by atoms with Crippen molar-refractivity contribution in [2.24, 2.45) is 5.92 Å². The summed E-state index contributed by atoms with van der Waals surface area (Å²) in [6.45, 7) is 0. The largest absolute Gasteiger partial charge is 0.342 e. The Labute approximate surface area is 111 Å². The van der Waals surface area contributed by atoms with Crippen LogP contribution in [0.15, 0.2) is 18.2 Å². The fourth-order valence-electron chi connectivity index (χ4n) is 2.49. The second kappa shape index (κ2) is 5.03. The van der Waals surface area contributed by atoms with E-state index in [1.54, 1.807) is 0 Å². The topological polar surface area (TPSA) is 52.5 Å². The van der Waals surface area contributed by atoms with E-state index < -0.39 is 0 Å². The standard InChI is InChI=1S/C14H15N3S/c15-9-11-2-1-3-12-14(11)17-13(16-12)8-10-4-6-18-7-5-10/h1-3,10H,4-8H2,(H,16,17). The molecule has 2 heterocycles. The molecule has 1 aromatic carbocycles. The zero-order valence-electron chi connectivity index (χ0n) is 10.1. The maximum absolute atomic E-state index is 9.06. The molecule has 1 saturated heterocycles. The first-order chi connectivity index (χ1) is 8.86. The average molecular weight is 257 g/mol. The number of para-hydroxylation sites is 1. The number of nitrogens with zero attached hydrogens (tertiary/aromatic N) is 2. The molecule has 0 bridgehead atoms. The van der Waals surface area contributed by atoms with E-state index in [0.717, 1.165) is 29.2 Å². The van der Waals surface area contributed by atoms with Crippen LogP contribution in [0.25, 0.3) is 11.0 Å². The predicted molar refractivity (Wildman–Crippen MR) is 74.6 cm³/mol. The molecule has 1 fully saturated rings. The first-order valence-corrected chi connectivity index (χ1v) is 7.48. The summed E-state index contributed by atoms with van der Waals surface area (Å²) in [6, 6.07) is 7.92. The third kappa shape index (κ3) is 2.23. The molecule has 0 atom stereocenters. The molecular formula is C14H15N3S. The first kappa shape index (κ1) is 11.6. The van der Waals surface area contributed by atoms with Gasteiger partial charge in [0.2, 0.25) is 0 Å². The van der Waals surface area contributed by atoms with Crippen LogP contribution in [0.2, 0.25) is 0 Å². The van der Waals surface area contributed by atoms with Gasteiger partial charge in [-0.15, -0.1) is 0 Å². The van der Waals surface area contributed by atoms with E-state index in [0.29, 0.717) is 5.56 Å². The van der Waals surface area contributed by atoms with Crippen LogP contribution in [-0.4, -0.2) is 21.5 Å². The summed E-state index contributed by atoms with van der Waals surface area (Å²) in [6.07, 6.45) is 3.58. The van der Waals surface area contributed by atoms with Crippen molar-refractivity contribution in [1.29, 1.82) is 5.26 Å².